The molecule has 1 amide bonds. The van der Waals surface area contributed by atoms with Crippen LogP contribution in [0, 0.1) is 0 Å². The monoisotopic (exact) mass is 352 g/mol. The first-order valence-corrected chi connectivity index (χ1v) is 8.84. The largest absolute Gasteiger partial charge is 0.348 e. The zero-order chi connectivity index (χ0) is 16.9. The van der Waals surface area contributed by atoms with Crippen LogP contribution >= 0.6 is 11.6 Å². The number of amides is 1. The van der Waals surface area contributed by atoms with Crippen molar-refractivity contribution in [2.24, 2.45) is 0 Å². The van der Waals surface area contributed by atoms with E-state index in [1.54, 1.807) is 0 Å². The average Bonchev–Trinajstić information content (AvgIpc) is 2.54. The van der Waals surface area contributed by atoms with Crippen LogP contribution in [0.2, 0.25) is 5.02 Å². The van der Waals surface area contributed by atoms with Gasteiger partial charge in [0.1, 0.15) is 0 Å². The normalized spacial score (nSPS) is 12.6. The van der Waals surface area contributed by atoms with Crippen LogP contribution in [0.25, 0.3) is 0 Å². The Morgan fingerprint density at radius 2 is 1.70 bits per heavy atom. The molecular weight excluding hydrogens is 336 g/mol. The molecule has 0 bridgehead atoms. The van der Waals surface area contributed by atoms with Gasteiger partial charge in [-0.25, -0.2) is 13.1 Å². The van der Waals surface area contributed by atoms with Crippen molar-refractivity contribution < 1.29 is 13.2 Å². The molecule has 0 aromatic heterocycles. The number of hydrogen-bond acceptors (Lipinski definition) is 3. The van der Waals surface area contributed by atoms with Crippen LogP contribution in [0.15, 0.2) is 59.5 Å². The van der Waals surface area contributed by atoms with Gasteiger partial charge in [-0.2, -0.15) is 0 Å². The molecule has 0 spiro atoms. The smallest absolute Gasteiger partial charge is 0.241 e. The molecule has 2 rings (SSSR count). The van der Waals surface area contributed by atoms with Gasteiger partial charge in [0.05, 0.1) is 17.5 Å². The minimum Gasteiger partial charge on any atom is -0.348 e. The van der Waals surface area contributed by atoms with Crippen LogP contribution in [0.1, 0.15) is 18.5 Å². The summed E-state index contributed by atoms with van der Waals surface area (Å²) in [5, 5.41) is 3.19. The van der Waals surface area contributed by atoms with E-state index >= 15 is 0 Å². The highest BCUT2D eigenvalue weighted by atomic mass is 35.5. The van der Waals surface area contributed by atoms with Crippen molar-refractivity contribution in [3.8, 4) is 0 Å². The maximum Gasteiger partial charge on any atom is 0.241 e. The van der Waals surface area contributed by atoms with Gasteiger partial charge in [0.25, 0.3) is 0 Å². The number of carbonyl (C=O) groups is 1. The van der Waals surface area contributed by atoms with Crippen LogP contribution in [0.5, 0.6) is 0 Å². The molecule has 5 nitrogen and oxygen atoms in total. The van der Waals surface area contributed by atoms with Crippen molar-refractivity contribution in [1.29, 1.82) is 0 Å². The van der Waals surface area contributed by atoms with Gasteiger partial charge in [0, 0.05) is 5.02 Å². The zero-order valence-electron chi connectivity index (χ0n) is 12.5. The Morgan fingerprint density at radius 1 is 1.09 bits per heavy atom. The first kappa shape index (κ1) is 17.5. The second-order valence-electron chi connectivity index (χ2n) is 4.98. The van der Waals surface area contributed by atoms with Crippen molar-refractivity contribution >= 4 is 27.5 Å². The van der Waals surface area contributed by atoms with Crippen molar-refractivity contribution in [2.75, 3.05) is 6.54 Å². The number of hydrogen-bond donors (Lipinski definition) is 2. The molecule has 0 radical (unpaired) electrons. The Balaban J connectivity index is 1.92. The molecule has 0 saturated heterocycles. The van der Waals surface area contributed by atoms with E-state index in [0.29, 0.717) is 5.02 Å². The number of nitrogens with one attached hydrogen (secondary N) is 2. The molecule has 0 saturated carbocycles. The fraction of sp³-hybridized carbons (Fsp3) is 0.188. The maximum absolute atomic E-state index is 12.1. The minimum absolute atomic E-state index is 0.0609. The summed E-state index contributed by atoms with van der Waals surface area (Å²) in [6.07, 6.45) is 0. The van der Waals surface area contributed by atoms with Gasteiger partial charge in [0.15, 0.2) is 0 Å². The standard InChI is InChI=1S/C16H17ClN2O3S/c1-12(13-5-3-2-4-6-13)19-16(20)11-18-23(21,22)15-9-7-14(17)8-10-15/h2-10,12,18H,11H2,1H3,(H,19,20)/t12-/m0/s1. The number of rotatable bonds is 6. The number of carbonyl (C=O) groups excluding carboxylic acids is 1. The van der Waals surface area contributed by atoms with Gasteiger partial charge < -0.3 is 5.32 Å². The molecule has 0 fully saturated rings. The molecule has 0 aliphatic carbocycles. The molecule has 122 valence electrons. The zero-order valence-corrected chi connectivity index (χ0v) is 14.1. The summed E-state index contributed by atoms with van der Waals surface area (Å²) >= 11 is 5.73. The Hall–Kier alpha value is -1.89. The highest BCUT2D eigenvalue weighted by Crippen LogP contribution is 2.14. The van der Waals surface area contributed by atoms with E-state index in [9.17, 15) is 13.2 Å². The third kappa shape index (κ3) is 5.06. The van der Waals surface area contributed by atoms with Crippen LogP contribution < -0.4 is 10.0 Å². The quantitative estimate of drug-likeness (QED) is 0.838. The fourth-order valence-corrected chi connectivity index (χ4v) is 3.08. The van der Waals surface area contributed by atoms with Gasteiger partial charge >= 0.3 is 0 Å². The number of halogens is 1. The summed E-state index contributed by atoms with van der Waals surface area (Å²) in [6.45, 7) is 1.50. The van der Waals surface area contributed by atoms with E-state index < -0.39 is 15.9 Å². The third-order valence-corrected chi connectivity index (χ3v) is 4.89. The summed E-state index contributed by atoms with van der Waals surface area (Å²) in [5.74, 6) is -0.404. The summed E-state index contributed by atoms with van der Waals surface area (Å²) in [7, 11) is -3.74. The lowest BCUT2D eigenvalue weighted by Crippen LogP contribution is -2.38. The average molecular weight is 353 g/mol. The molecule has 0 unspecified atom stereocenters. The predicted molar refractivity (Wildman–Crippen MR) is 89.6 cm³/mol. The Bertz CT molecular complexity index is 762. The molecule has 2 aromatic rings. The second kappa shape index (κ2) is 7.59. The Kier molecular flexibility index (Phi) is 5.76. The maximum atomic E-state index is 12.1. The van der Waals surface area contributed by atoms with Crippen LogP contribution in [0.3, 0.4) is 0 Å². The lowest BCUT2D eigenvalue weighted by Gasteiger charge is -2.14. The molecule has 7 heteroatoms. The molecule has 1 atom stereocenters. The molecule has 0 heterocycles. The van der Waals surface area contributed by atoms with Gasteiger partial charge in [-0.1, -0.05) is 41.9 Å². The first-order chi connectivity index (χ1) is 10.9. The lowest BCUT2D eigenvalue weighted by atomic mass is 10.1. The highest BCUT2D eigenvalue weighted by Gasteiger charge is 2.16. The van der Waals surface area contributed by atoms with Crippen molar-refractivity contribution in [1.82, 2.24) is 10.0 Å². The lowest BCUT2D eigenvalue weighted by molar-refractivity contribution is -0.120. The summed E-state index contributed by atoms with van der Waals surface area (Å²) < 4.78 is 26.4. The minimum atomic E-state index is -3.74. The van der Waals surface area contributed by atoms with Gasteiger partial charge in [0.2, 0.25) is 15.9 Å². The molecule has 2 N–H and O–H groups in total. The summed E-state index contributed by atoms with van der Waals surface area (Å²) in [5.41, 5.74) is 0.946. The SMILES string of the molecule is C[C@H](NC(=O)CNS(=O)(=O)c1ccc(Cl)cc1)c1ccccc1. The van der Waals surface area contributed by atoms with Crippen molar-refractivity contribution in [2.45, 2.75) is 17.9 Å². The molecule has 0 aliphatic heterocycles. The van der Waals surface area contributed by atoms with Crippen LogP contribution in [-0.4, -0.2) is 20.9 Å². The van der Waals surface area contributed by atoms with E-state index in [2.05, 4.69) is 10.0 Å². The van der Waals surface area contributed by atoms with Crippen molar-refractivity contribution in [3.63, 3.8) is 0 Å². The van der Waals surface area contributed by atoms with Crippen LogP contribution in [0.4, 0.5) is 0 Å². The van der Waals surface area contributed by atoms with Gasteiger partial charge in [-0.3, -0.25) is 4.79 Å². The Morgan fingerprint density at radius 3 is 2.30 bits per heavy atom. The highest BCUT2D eigenvalue weighted by molar-refractivity contribution is 7.89. The summed E-state index contributed by atoms with van der Waals surface area (Å²) in [4.78, 5) is 12.0. The van der Waals surface area contributed by atoms with Crippen LogP contribution in [-0.2, 0) is 14.8 Å². The molecule has 23 heavy (non-hydrogen) atoms. The van der Waals surface area contributed by atoms with Crippen molar-refractivity contribution in [3.05, 3.63) is 65.2 Å². The van der Waals surface area contributed by atoms with E-state index in [4.69, 9.17) is 11.6 Å². The number of sulfonamides is 1. The molecule has 2 aromatic carbocycles. The topological polar surface area (TPSA) is 75.3 Å². The molecular formula is C16H17ClN2O3S. The van der Waals surface area contributed by atoms with Gasteiger partial charge in [-0.05, 0) is 36.8 Å². The number of benzene rings is 2. The second-order valence-corrected chi connectivity index (χ2v) is 7.18. The summed E-state index contributed by atoms with van der Waals surface area (Å²) in [6, 6.07) is 14.9. The fourth-order valence-electron chi connectivity index (χ4n) is 1.98. The van der Waals surface area contributed by atoms with Gasteiger partial charge in [-0.15, -0.1) is 0 Å². The Labute approximate surface area is 140 Å². The van der Waals surface area contributed by atoms with E-state index in [-0.39, 0.29) is 17.5 Å². The third-order valence-electron chi connectivity index (χ3n) is 3.22. The molecule has 0 aliphatic rings. The van der Waals surface area contributed by atoms with E-state index in [0.717, 1.165) is 5.56 Å². The van der Waals surface area contributed by atoms with E-state index in [1.165, 1.54) is 24.3 Å². The first-order valence-electron chi connectivity index (χ1n) is 6.98. The predicted octanol–water partition coefficient (Wildman–Crippen LogP) is 2.50. The van der Waals surface area contributed by atoms with E-state index in [1.807, 2.05) is 37.3 Å².